The minimum absolute atomic E-state index is 0.304. The van der Waals surface area contributed by atoms with Gasteiger partial charge in [0.25, 0.3) is 0 Å². The molecular weight excluding hydrogens is 198 g/mol. The van der Waals surface area contributed by atoms with Gasteiger partial charge in [-0.25, -0.2) is 0 Å². The number of pyridine rings is 1. The molecule has 1 aromatic heterocycles. The van der Waals surface area contributed by atoms with Crippen LogP contribution >= 0.6 is 0 Å². The molecule has 0 aliphatic rings. The summed E-state index contributed by atoms with van der Waals surface area (Å²) < 4.78 is 0. The first-order chi connectivity index (χ1) is 7.72. The van der Waals surface area contributed by atoms with Crippen LogP contribution in [0.15, 0.2) is 24.4 Å². The van der Waals surface area contributed by atoms with Crippen molar-refractivity contribution in [2.24, 2.45) is 5.73 Å². The molecule has 1 rings (SSSR count). The van der Waals surface area contributed by atoms with Gasteiger partial charge in [-0.05, 0) is 25.6 Å². The van der Waals surface area contributed by atoms with Crippen molar-refractivity contribution in [3.8, 4) is 0 Å². The van der Waals surface area contributed by atoms with Crippen LogP contribution in [0.3, 0.4) is 0 Å². The summed E-state index contributed by atoms with van der Waals surface area (Å²) in [5.74, 6) is 0. The van der Waals surface area contributed by atoms with Gasteiger partial charge in [0, 0.05) is 37.4 Å². The Morgan fingerprint density at radius 3 is 2.88 bits per heavy atom. The fourth-order valence-electron chi connectivity index (χ4n) is 1.81. The standard InChI is InChI=1S/C13H23N3/c1-3-6-12(14)11-16(2)10-8-13-7-4-5-9-15-13/h4-5,7,9,12H,3,6,8,10-11,14H2,1-2H3/t12-/m0/s1. The zero-order valence-corrected chi connectivity index (χ0v) is 10.4. The van der Waals surface area contributed by atoms with Crippen molar-refractivity contribution in [2.75, 3.05) is 20.1 Å². The number of nitrogens with two attached hydrogens (primary N) is 1. The van der Waals surface area contributed by atoms with Crippen molar-refractivity contribution in [3.63, 3.8) is 0 Å². The Bertz CT molecular complexity index is 274. The summed E-state index contributed by atoms with van der Waals surface area (Å²) >= 11 is 0. The Morgan fingerprint density at radius 2 is 2.25 bits per heavy atom. The summed E-state index contributed by atoms with van der Waals surface area (Å²) in [4.78, 5) is 6.59. The van der Waals surface area contributed by atoms with E-state index < -0.39 is 0 Å². The zero-order chi connectivity index (χ0) is 11.8. The molecule has 3 nitrogen and oxygen atoms in total. The van der Waals surface area contributed by atoms with Crippen LogP contribution in [-0.4, -0.2) is 36.1 Å². The molecule has 0 aliphatic carbocycles. The maximum atomic E-state index is 6.00. The van der Waals surface area contributed by atoms with Crippen LogP contribution in [0.5, 0.6) is 0 Å². The highest BCUT2D eigenvalue weighted by Crippen LogP contribution is 1.99. The van der Waals surface area contributed by atoms with E-state index in [9.17, 15) is 0 Å². The number of aromatic nitrogens is 1. The number of hydrogen-bond donors (Lipinski definition) is 1. The molecule has 0 amide bonds. The molecule has 0 fully saturated rings. The predicted octanol–water partition coefficient (Wildman–Crippen LogP) is 1.68. The summed E-state index contributed by atoms with van der Waals surface area (Å²) in [6.07, 6.45) is 5.11. The van der Waals surface area contributed by atoms with Gasteiger partial charge in [0.2, 0.25) is 0 Å². The van der Waals surface area contributed by atoms with Crippen molar-refractivity contribution in [3.05, 3.63) is 30.1 Å². The smallest absolute Gasteiger partial charge is 0.0416 e. The maximum Gasteiger partial charge on any atom is 0.0416 e. The lowest BCUT2D eigenvalue weighted by atomic mass is 10.1. The molecule has 0 spiro atoms. The highest BCUT2D eigenvalue weighted by molar-refractivity contribution is 5.03. The fourth-order valence-corrected chi connectivity index (χ4v) is 1.81. The van der Waals surface area contributed by atoms with E-state index in [4.69, 9.17) is 5.73 Å². The Hall–Kier alpha value is -0.930. The van der Waals surface area contributed by atoms with Crippen LogP contribution in [0.2, 0.25) is 0 Å². The molecule has 0 radical (unpaired) electrons. The van der Waals surface area contributed by atoms with E-state index >= 15 is 0 Å². The van der Waals surface area contributed by atoms with E-state index in [0.717, 1.165) is 38.0 Å². The number of hydrogen-bond acceptors (Lipinski definition) is 3. The van der Waals surface area contributed by atoms with Crippen molar-refractivity contribution >= 4 is 0 Å². The first-order valence-corrected chi connectivity index (χ1v) is 6.06. The maximum absolute atomic E-state index is 6.00. The second-order valence-electron chi connectivity index (χ2n) is 4.38. The first-order valence-electron chi connectivity index (χ1n) is 6.06. The van der Waals surface area contributed by atoms with Crippen LogP contribution in [0.4, 0.5) is 0 Å². The van der Waals surface area contributed by atoms with Gasteiger partial charge in [0.05, 0.1) is 0 Å². The first kappa shape index (κ1) is 13.1. The molecule has 0 aromatic carbocycles. The molecule has 1 atom stereocenters. The minimum atomic E-state index is 0.304. The zero-order valence-electron chi connectivity index (χ0n) is 10.4. The van der Waals surface area contributed by atoms with E-state index in [1.54, 1.807) is 0 Å². The van der Waals surface area contributed by atoms with E-state index in [1.165, 1.54) is 0 Å². The largest absolute Gasteiger partial charge is 0.327 e. The van der Waals surface area contributed by atoms with Gasteiger partial charge in [-0.15, -0.1) is 0 Å². The molecule has 1 aromatic rings. The number of rotatable bonds is 7. The van der Waals surface area contributed by atoms with E-state index in [-0.39, 0.29) is 0 Å². The van der Waals surface area contributed by atoms with E-state index in [1.807, 2.05) is 18.3 Å². The summed E-state index contributed by atoms with van der Waals surface area (Å²) in [5, 5.41) is 0. The Kier molecular flexibility index (Phi) is 6.04. The normalized spacial score (nSPS) is 13.0. The van der Waals surface area contributed by atoms with Crippen LogP contribution in [0.25, 0.3) is 0 Å². The summed E-state index contributed by atoms with van der Waals surface area (Å²) in [6, 6.07) is 6.36. The lowest BCUT2D eigenvalue weighted by molar-refractivity contribution is 0.306. The molecule has 1 heterocycles. The van der Waals surface area contributed by atoms with Crippen molar-refractivity contribution in [1.29, 1.82) is 0 Å². The van der Waals surface area contributed by atoms with Gasteiger partial charge in [-0.3, -0.25) is 4.98 Å². The lowest BCUT2D eigenvalue weighted by Crippen LogP contribution is -2.36. The summed E-state index contributed by atoms with van der Waals surface area (Å²) in [6.45, 7) is 4.17. The van der Waals surface area contributed by atoms with Crippen molar-refractivity contribution < 1.29 is 0 Å². The molecule has 0 saturated carbocycles. The average Bonchev–Trinajstić information content (AvgIpc) is 2.28. The van der Waals surface area contributed by atoms with Gasteiger partial charge < -0.3 is 10.6 Å². The van der Waals surface area contributed by atoms with Crippen LogP contribution in [-0.2, 0) is 6.42 Å². The summed E-state index contributed by atoms with van der Waals surface area (Å²) in [5.41, 5.74) is 7.15. The second kappa shape index (κ2) is 7.36. The average molecular weight is 221 g/mol. The van der Waals surface area contributed by atoms with Gasteiger partial charge in [-0.2, -0.15) is 0 Å². The van der Waals surface area contributed by atoms with Crippen LogP contribution in [0.1, 0.15) is 25.5 Å². The summed E-state index contributed by atoms with van der Waals surface area (Å²) in [7, 11) is 2.12. The molecule has 0 bridgehead atoms. The lowest BCUT2D eigenvalue weighted by Gasteiger charge is -2.20. The highest BCUT2D eigenvalue weighted by atomic mass is 15.1. The minimum Gasteiger partial charge on any atom is -0.327 e. The quantitative estimate of drug-likeness (QED) is 0.762. The monoisotopic (exact) mass is 221 g/mol. The number of likely N-dealkylation sites (N-methyl/N-ethyl adjacent to an activating group) is 1. The SMILES string of the molecule is CCC[C@H](N)CN(C)CCc1ccccn1. The van der Waals surface area contributed by atoms with Crippen LogP contribution in [0, 0.1) is 0 Å². The Labute approximate surface area is 98.7 Å². The van der Waals surface area contributed by atoms with Gasteiger partial charge in [0.1, 0.15) is 0 Å². The van der Waals surface area contributed by atoms with E-state index in [0.29, 0.717) is 6.04 Å². The van der Waals surface area contributed by atoms with Crippen molar-refractivity contribution in [1.82, 2.24) is 9.88 Å². The highest BCUT2D eigenvalue weighted by Gasteiger charge is 2.05. The van der Waals surface area contributed by atoms with E-state index in [2.05, 4.69) is 29.9 Å². The van der Waals surface area contributed by atoms with Crippen molar-refractivity contribution in [2.45, 2.75) is 32.2 Å². The third-order valence-corrected chi connectivity index (χ3v) is 2.68. The van der Waals surface area contributed by atoms with Gasteiger partial charge in [-0.1, -0.05) is 19.4 Å². The van der Waals surface area contributed by atoms with Gasteiger partial charge in [0.15, 0.2) is 0 Å². The third-order valence-electron chi connectivity index (χ3n) is 2.68. The Morgan fingerprint density at radius 1 is 1.44 bits per heavy atom. The Balaban J connectivity index is 2.22. The molecular formula is C13H23N3. The molecule has 0 aliphatic heterocycles. The molecule has 2 N–H and O–H groups in total. The molecule has 16 heavy (non-hydrogen) atoms. The van der Waals surface area contributed by atoms with Gasteiger partial charge >= 0.3 is 0 Å². The predicted molar refractivity (Wildman–Crippen MR) is 68.3 cm³/mol. The third kappa shape index (κ3) is 5.24. The topological polar surface area (TPSA) is 42.1 Å². The van der Waals surface area contributed by atoms with Crippen LogP contribution < -0.4 is 5.73 Å². The molecule has 3 heteroatoms. The molecule has 0 saturated heterocycles. The second-order valence-corrected chi connectivity index (χ2v) is 4.38. The molecule has 0 unspecified atom stereocenters. The molecule has 90 valence electrons. The number of nitrogens with zero attached hydrogens (tertiary/aromatic N) is 2. The fraction of sp³-hybridized carbons (Fsp3) is 0.615.